The summed E-state index contributed by atoms with van der Waals surface area (Å²) in [6.07, 6.45) is -3.10. The van der Waals surface area contributed by atoms with E-state index in [1.54, 1.807) is 12.1 Å². The summed E-state index contributed by atoms with van der Waals surface area (Å²) in [5.74, 6) is 0. The number of halogens is 6. The average molecular weight is 431 g/mol. The predicted molar refractivity (Wildman–Crippen MR) is 106 cm³/mol. The molecule has 0 unspecified atom stereocenters. The van der Waals surface area contributed by atoms with Gasteiger partial charge in [-0.1, -0.05) is 56.2 Å². The SMILES string of the molecule is CCCc1ccc(C(F)(F)F)cc1CN1CCCCC1.FC(F)(F)c1ccccc1. The molecular formula is C23H27F6N. The van der Waals surface area contributed by atoms with E-state index in [4.69, 9.17) is 0 Å². The summed E-state index contributed by atoms with van der Waals surface area (Å²) >= 11 is 0. The van der Waals surface area contributed by atoms with E-state index < -0.39 is 23.5 Å². The lowest BCUT2D eigenvalue weighted by Gasteiger charge is -2.27. The van der Waals surface area contributed by atoms with Crippen molar-refractivity contribution in [3.63, 3.8) is 0 Å². The quantitative estimate of drug-likeness (QED) is 0.458. The number of piperidine rings is 1. The van der Waals surface area contributed by atoms with Gasteiger partial charge in [-0.2, -0.15) is 26.3 Å². The van der Waals surface area contributed by atoms with Gasteiger partial charge in [0.15, 0.2) is 0 Å². The standard InChI is InChI=1S/C16H22F3N.C7H5F3/c1-2-6-13-7-8-15(16(17,18)19)11-14(13)12-20-9-4-3-5-10-20;8-7(9,10)6-4-2-1-3-5-6/h7-8,11H,2-6,9-10,12H2,1H3;1-5H. The molecule has 0 spiro atoms. The Hall–Kier alpha value is -2.02. The molecule has 2 aromatic rings. The molecule has 1 heterocycles. The van der Waals surface area contributed by atoms with Gasteiger partial charge >= 0.3 is 12.4 Å². The van der Waals surface area contributed by atoms with E-state index in [1.807, 2.05) is 0 Å². The molecular weight excluding hydrogens is 404 g/mol. The minimum Gasteiger partial charge on any atom is -0.299 e. The average Bonchev–Trinajstić information content (AvgIpc) is 2.70. The first kappa shape index (κ1) is 24.3. The Bertz CT molecular complexity index is 761. The lowest BCUT2D eigenvalue weighted by atomic mass is 9.99. The molecule has 30 heavy (non-hydrogen) atoms. The summed E-state index contributed by atoms with van der Waals surface area (Å²) in [5.41, 5.74) is 0.786. The summed E-state index contributed by atoms with van der Waals surface area (Å²) in [6.45, 7) is 4.71. The van der Waals surface area contributed by atoms with Gasteiger partial charge in [-0.05, 0) is 55.6 Å². The van der Waals surface area contributed by atoms with Crippen molar-refractivity contribution in [1.82, 2.24) is 4.90 Å². The van der Waals surface area contributed by atoms with Crippen LogP contribution in [0, 0.1) is 0 Å². The molecule has 166 valence electrons. The second kappa shape index (κ2) is 10.8. The van der Waals surface area contributed by atoms with E-state index in [0.717, 1.165) is 62.0 Å². The Labute approximate surface area is 173 Å². The summed E-state index contributed by atoms with van der Waals surface area (Å²) in [5, 5.41) is 0. The van der Waals surface area contributed by atoms with Gasteiger partial charge in [0.05, 0.1) is 11.1 Å². The largest absolute Gasteiger partial charge is 0.416 e. The van der Waals surface area contributed by atoms with Crippen molar-refractivity contribution in [2.24, 2.45) is 0 Å². The Morgan fingerprint density at radius 3 is 1.83 bits per heavy atom. The van der Waals surface area contributed by atoms with Gasteiger partial charge in [0.1, 0.15) is 0 Å². The predicted octanol–water partition coefficient (Wildman–Crippen LogP) is 7.35. The second-order valence-electron chi connectivity index (χ2n) is 7.43. The molecule has 0 N–H and O–H groups in total. The van der Waals surface area contributed by atoms with Crippen LogP contribution in [0.15, 0.2) is 48.5 Å². The van der Waals surface area contributed by atoms with Gasteiger partial charge in [-0.3, -0.25) is 4.90 Å². The van der Waals surface area contributed by atoms with Gasteiger partial charge in [-0.25, -0.2) is 0 Å². The molecule has 1 aliphatic rings. The monoisotopic (exact) mass is 431 g/mol. The number of likely N-dealkylation sites (tertiary alicyclic amines) is 1. The molecule has 7 heteroatoms. The number of alkyl halides is 6. The van der Waals surface area contributed by atoms with Crippen molar-refractivity contribution < 1.29 is 26.3 Å². The van der Waals surface area contributed by atoms with Crippen molar-refractivity contribution in [1.29, 1.82) is 0 Å². The Kier molecular flexibility index (Phi) is 8.77. The lowest BCUT2D eigenvalue weighted by molar-refractivity contribution is -0.138. The zero-order valence-corrected chi connectivity index (χ0v) is 17.0. The van der Waals surface area contributed by atoms with E-state index >= 15 is 0 Å². The first-order chi connectivity index (χ1) is 14.1. The van der Waals surface area contributed by atoms with Crippen molar-refractivity contribution in [2.75, 3.05) is 13.1 Å². The van der Waals surface area contributed by atoms with Crippen LogP contribution in [-0.4, -0.2) is 18.0 Å². The topological polar surface area (TPSA) is 3.24 Å². The number of aryl methyl sites for hydroxylation is 1. The second-order valence-corrected chi connectivity index (χ2v) is 7.43. The third-order valence-corrected chi connectivity index (χ3v) is 5.00. The number of rotatable bonds is 4. The van der Waals surface area contributed by atoms with Crippen molar-refractivity contribution >= 4 is 0 Å². The molecule has 0 amide bonds. The van der Waals surface area contributed by atoms with E-state index in [1.165, 1.54) is 30.7 Å². The lowest BCUT2D eigenvalue weighted by Crippen LogP contribution is -2.29. The minimum atomic E-state index is -4.25. The first-order valence-corrected chi connectivity index (χ1v) is 10.1. The van der Waals surface area contributed by atoms with Crippen LogP contribution in [0.4, 0.5) is 26.3 Å². The van der Waals surface area contributed by atoms with Crippen LogP contribution in [0.2, 0.25) is 0 Å². The van der Waals surface area contributed by atoms with E-state index in [2.05, 4.69) is 11.8 Å². The third-order valence-electron chi connectivity index (χ3n) is 5.00. The summed E-state index contributed by atoms with van der Waals surface area (Å²) in [4.78, 5) is 2.28. The minimum absolute atomic E-state index is 0.524. The van der Waals surface area contributed by atoms with Crippen LogP contribution in [-0.2, 0) is 25.3 Å². The highest BCUT2D eigenvalue weighted by Gasteiger charge is 2.31. The molecule has 0 bridgehead atoms. The fourth-order valence-electron chi connectivity index (χ4n) is 3.45. The number of benzene rings is 2. The fourth-order valence-corrected chi connectivity index (χ4v) is 3.45. The number of hydrogen-bond acceptors (Lipinski definition) is 1. The molecule has 0 aromatic heterocycles. The smallest absolute Gasteiger partial charge is 0.299 e. The molecule has 0 atom stereocenters. The van der Waals surface area contributed by atoms with E-state index in [-0.39, 0.29) is 0 Å². The van der Waals surface area contributed by atoms with Gasteiger partial charge in [0, 0.05) is 6.54 Å². The number of hydrogen-bond donors (Lipinski definition) is 0. The van der Waals surface area contributed by atoms with Gasteiger partial charge in [0.25, 0.3) is 0 Å². The highest BCUT2D eigenvalue weighted by atomic mass is 19.4. The summed E-state index contributed by atoms with van der Waals surface area (Å²) in [6, 6.07) is 10.6. The first-order valence-electron chi connectivity index (χ1n) is 10.1. The van der Waals surface area contributed by atoms with Gasteiger partial charge in [0.2, 0.25) is 0 Å². The highest BCUT2D eigenvalue weighted by molar-refractivity contribution is 5.33. The molecule has 0 saturated carbocycles. The maximum atomic E-state index is 12.9. The normalized spacial score (nSPS) is 15.4. The summed E-state index contributed by atoms with van der Waals surface area (Å²) in [7, 11) is 0. The Morgan fingerprint density at radius 2 is 1.33 bits per heavy atom. The molecule has 2 aromatic carbocycles. The zero-order chi connectivity index (χ0) is 22.2. The van der Waals surface area contributed by atoms with Crippen LogP contribution in [0.3, 0.4) is 0 Å². The van der Waals surface area contributed by atoms with Crippen LogP contribution >= 0.6 is 0 Å². The van der Waals surface area contributed by atoms with Crippen molar-refractivity contribution in [2.45, 2.75) is 57.9 Å². The fraction of sp³-hybridized carbons (Fsp3) is 0.478. The summed E-state index contributed by atoms with van der Waals surface area (Å²) < 4.78 is 73.9. The van der Waals surface area contributed by atoms with E-state index in [9.17, 15) is 26.3 Å². The Morgan fingerprint density at radius 1 is 0.733 bits per heavy atom. The van der Waals surface area contributed by atoms with Crippen molar-refractivity contribution in [3.8, 4) is 0 Å². The molecule has 1 nitrogen and oxygen atoms in total. The molecule has 1 saturated heterocycles. The maximum Gasteiger partial charge on any atom is 0.416 e. The van der Waals surface area contributed by atoms with Crippen LogP contribution in [0.25, 0.3) is 0 Å². The highest BCUT2D eigenvalue weighted by Crippen LogP contribution is 2.31. The molecule has 1 fully saturated rings. The van der Waals surface area contributed by atoms with Gasteiger partial charge in [-0.15, -0.1) is 0 Å². The van der Waals surface area contributed by atoms with Crippen molar-refractivity contribution in [3.05, 3.63) is 70.8 Å². The van der Waals surface area contributed by atoms with Crippen LogP contribution in [0.1, 0.15) is 54.9 Å². The van der Waals surface area contributed by atoms with Gasteiger partial charge < -0.3 is 0 Å². The molecule has 1 aliphatic heterocycles. The van der Waals surface area contributed by atoms with Crippen LogP contribution < -0.4 is 0 Å². The molecule has 3 rings (SSSR count). The number of nitrogens with zero attached hydrogens (tertiary/aromatic N) is 1. The Balaban J connectivity index is 0.000000269. The van der Waals surface area contributed by atoms with Crippen LogP contribution in [0.5, 0.6) is 0 Å². The zero-order valence-electron chi connectivity index (χ0n) is 17.0. The third kappa shape index (κ3) is 7.67. The molecule has 0 aliphatic carbocycles. The molecule has 0 radical (unpaired) electrons. The van der Waals surface area contributed by atoms with E-state index in [0.29, 0.717) is 6.54 Å². The maximum absolute atomic E-state index is 12.9.